The Balaban J connectivity index is 2.65. The van der Waals surface area contributed by atoms with E-state index in [1.807, 2.05) is 6.92 Å². The van der Waals surface area contributed by atoms with Crippen molar-refractivity contribution in [3.8, 4) is 0 Å². The number of carbonyl (C=O) groups is 1. The summed E-state index contributed by atoms with van der Waals surface area (Å²) in [6.07, 6.45) is 5.73. The molecule has 1 aromatic rings. The first-order valence-electron chi connectivity index (χ1n) is 6.97. The Kier molecular flexibility index (Phi) is 6.54. The summed E-state index contributed by atoms with van der Waals surface area (Å²) in [5.74, 6) is -0.629. The van der Waals surface area contributed by atoms with Crippen LogP contribution in [0.3, 0.4) is 0 Å². The van der Waals surface area contributed by atoms with Gasteiger partial charge in [0.15, 0.2) is 0 Å². The Morgan fingerprint density at radius 3 is 2.63 bits per heavy atom. The average molecular weight is 266 g/mol. The Morgan fingerprint density at radius 1 is 1.32 bits per heavy atom. The molecule has 0 fully saturated rings. The van der Waals surface area contributed by atoms with E-state index in [-0.39, 0.29) is 17.3 Å². The van der Waals surface area contributed by atoms with Gasteiger partial charge in [0.25, 0.3) is 0 Å². The predicted octanol–water partition coefficient (Wildman–Crippen LogP) is 4.69. The van der Waals surface area contributed by atoms with Crippen LogP contribution >= 0.6 is 0 Å². The molecule has 1 aromatic carbocycles. The van der Waals surface area contributed by atoms with Crippen molar-refractivity contribution in [2.75, 3.05) is 7.11 Å². The van der Waals surface area contributed by atoms with Crippen molar-refractivity contribution in [2.24, 2.45) is 0 Å². The number of esters is 1. The van der Waals surface area contributed by atoms with E-state index in [1.54, 1.807) is 12.1 Å². The first-order valence-corrected chi connectivity index (χ1v) is 6.97. The summed E-state index contributed by atoms with van der Waals surface area (Å²) >= 11 is 0. The molecule has 1 atom stereocenters. The van der Waals surface area contributed by atoms with Gasteiger partial charge in [0.1, 0.15) is 5.82 Å². The lowest BCUT2D eigenvalue weighted by molar-refractivity contribution is 0.0600. The van der Waals surface area contributed by atoms with Gasteiger partial charge in [0, 0.05) is 0 Å². The third kappa shape index (κ3) is 4.66. The number of halogens is 1. The maximum Gasteiger partial charge on any atom is 0.337 e. The first kappa shape index (κ1) is 15.7. The van der Waals surface area contributed by atoms with Crippen LogP contribution in [-0.4, -0.2) is 13.1 Å². The van der Waals surface area contributed by atoms with Crippen LogP contribution < -0.4 is 0 Å². The van der Waals surface area contributed by atoms with Gasteiger partial charge in [-0.1, -0.05) is 45.6 Å². The van der Waals surface area contributed by atoms with Crippen molar-refractivity contribution in [2.45, 2.75) is 51.9 Å². The third-order valence-electron chi connectivity index (χ3n) is 3.44. The van der Waals surface area contributed by atoms with E-state index in [0.717, 1.165) is 12.8 Å². The van der Waals surface area contributed by atoms with Gasteiger partial charge in [-0.25, -0.2) is 9.18 Å². The molecule has 2 nitrogen and oxygen atoms in total. The molecule has 0 spiro atoms. The summed E-state index contributed by atoms with van der Waals surface area (Å²) in [5, 5.41) is 0. The zero-order chi connectivity index (χ0) is 14.3. The molecular formula is C16H23FO2. The van der Waals surface area contributed by atoms with Crippen molar-refractivity contribution in [1.29, 1.82) is 0 Å². The lowest BCUT2D eigenvalue weighted by Gasteiger charge is -2.13. The van der Waals surface area contributed by atoms with Crippen LogP contribution in [0.5, 0.6) is 0 Å². The van der Waals surface area contributed by atoms with Crippen LogP contribution in [0.2, 0.25) is 0 Å². The van der Waals surface area contributed by atoms with Crippen molar-refractivity contribution in [1.82, 2.24) is 0 Å². The molecule has 0 radical (unpaired) electrons. The molecule has 1 unspecified atom stereocenters. The number of ether oxygens (including phenoxy) is 1. The van der Waals surface area contributed by atoms with Crippen LogP contribution in [0, 0.1) is 5.82 Å². The zero-order valence-electron chi connectivity index (χ0n) is 12.0. The monoisotopic (exact) mass is 266 g/mol. The molecule has 0 aromatic heterocycles. The van der Waals surface area contributed by atoms with Gasteiger partial charge < -0.3 is 4.74 Å². The molecule has 0 heterocycles. The summed E-state index contributed by atoms with van der Waals surface area (Å²) in [7, 11) is 1.30. The summed E-state index contributed by atoms with van der Waals surface area (Å²) in [6, 6.07) is 4.60. The van der Waals surface area contributed by atoms with Crippen molar-refractivity contribution < 1.29 is 13.9 Å². The maximum atomic E-state index is 14.0. The Morgan fingerprint density at radius 2 is 2.05 bits per heavy atom. The minimum Gasteiger partial charge on any atom is -0.465 e. The fraction of sp³-hybridized carbons (Fsp3) is 0.562. The molecule has 0 N–H and O–H groups in total. The smallest absolute Gasteiger partial charge is 0.337 e. The minimum absolute atomic E-state index is 0.184. The van der Waals surface area contributed by atoms with Crippen molar-refractivity contribution in [3.05, 3.63) is 35.1 Å². The molecule has 0 aliphatic heterocycles. The molecule has 0 amide bonds. The van der Waals surface area contributed by atoms with Gasteiger partial charge >= 0.3 is 5.97 Å². The van der Waals surface area contributed by atoms with Crippen LogP contribution in [0.25, 0.3) is 0 Å². The highest BCUT2D eigenvalue weighted by atomic mass is 19.1. The van der Waals surface area contributed by atoms with Crippen molar-refractivity contribution in [3.63, 3.8) is 0 Å². The molecule has 0 saturated heterocycles. The van der Waals surface area contributed by atoms with E-state index in [4.69, 9.17) is 0 Å². The second kappa shape index (κ2) is 7.93. The first-order chi connectivity index (χ1) is 9.10. The van der Waals surface area contributed by atoms with Crippen LogP contribution in [0.15, 0.2) is 18.2 Å². The van der Waals surface area contributed by atoms with E-state index in [2.05, 4.69) is 11.7 Å². The number of hydrogen-bond acceptors (Lipinski definition) is 2. The van der Waals surface area contributed by atoms with Crippen molar-refractivity contribution >= 4 is 5.97 Å². The fourth-order valence-corrected chi connectivity index (χ4v) is 2.20. The van der Waals surface area contributed by atoms with Gasteiger partial charge in [-0.2, -0.15) is 0 Å². The molecule has 1 rings (SSSR count). The minimum atomic E-state index is -0.499. The van der Waals surface area contributed by atoms with Gasteiger partial charge in [0.2, 0.25) is 0 Å². The summed E-state index contributed by atoms with van der Waals surface area (Å²) in [4.78, 5) is 11.3. The highest BCUT2D eigenvalue weighted by Gasteiger charge is 2.14. The maximum absolute atomic E-state index is 14.0. The van der Waals surface area contributed by atoms with E-state index >= 15 is 0 Å². The lowest BCUT2D eigenvalue weighted by Crippen LogP contribution is -2.04. The van der Waals surface area contributed by atoms with Crippen LogP contribution in [-0.2, 0) is 4.74 Å². The summed E-state index contributed by atoms with van der Waals surface area (Å²) in [5.41, 5.74) is 0.950. The standard InChI is InChI=1S/C16H23FO2/c1-4-5-6-7-8-12(2)14-10-9-13(11-15(14)17)16(18)19-3/h9-12H,4-8H2,1-3H3. The van der Waals surface area contributed by atoms with E-state index in [9.17, 15) is 9.18 Å². The van der Waals surface area contributed by atoms with E-state index < -0.39 is 5.97 Å². The quantitative estimate of drug-likeness (QED) is 0.529. The number of methoxy groups -OCH3 is 1. The highest BCUT2D eigenvalue weighted by Crippen LogP contribution is 2.25. The molecule has 0 aliphatic rings. The largest absolute Gasteiger partial charge is 0.465 e. The topological polar surface area (TPSA) is 26.3 Å². The average Bonchev–Trinajstić information content (AvgIpc) is 2.42. The van der Waals surface area contributed by atoms with Crippen LogP contribution in [0.4, 0.5) is 4.39 Å². The van der Waals surface area contributed by atoms with Crippen LogP contribution in [0.1, 0.15) is 67.8 Å². The van der Waals surface area contributed by atoms with E-state index in [0.29, 0.717) is 5.56 Å². The number of unbranched alkanes of at least 4 members (excludes halogenated alkanes) is 3. The Hall–Kier alpha value is -1.38. The molecule has 0 aliphatic carbocycles. The second-order valence-electron chi connectivity index (χ2n) is 4.98. The molecule has 0 bridgehead atoms. The number of hydrogen-bond donors (Lipinski definition) is 0. The molecule has 3 heteroatoms. The van der Waals surface area contributed by atoms with E-state index in [1.165, 1.54) is 32.4 Å². The highest BCUT2D eigenvalue weighted by molar-refractivity contribution is 5.89. The number of rotatable bonds is 7. The molecule has 0 saturated carbocycles. The van der Waals surface area contributed by atoms with Gasteiger partial charge in [-0.05, 0) is 30.0 Å². The van der Waals surface area contributed by atoms with Gasteiger partial charge in [0.05, 0.1) is 12.7 Å². The molecule has 106 valence electrons. The summed E-state index contributed by atoms with van der Waals surface area (Å²) in [6.45, 7) is 4.21. The second-order valence-corrected chi connectivity index (χ2v) is 4.98. The number of benzene rings is 1. The van der Waals surface area contributed by atoms with Gasteiger partial charge in [-0.15, -0.1) is 0 Å². The zero-order valence-corrected chi connectivity index (χ0v) is 12.0. The summed E-state index contributed by atoms with van der Waals surface area (Å²) < 4.78 is 18.5. The lowest BCUT2D eigenvalue weighted by atomic mass is 9.93. The predicted molar refractivity (Wildman–Crippen MR) is 74.9 cm³/mol. The third-order valence-corrected chi connectivity index (χ3v) is 3.44. The fourth-order valence-electron chi connectivity index (χ4n) is 2.20. The molecular weight excluding hydrogens is 243 g/mol. The normalized spacial score (nSPS) is 12.2. The Labute approximate surface area is 115 Å². The SMILES string of the molecule is CCCCCCC(C)c1ccc(C(=O)OC)cc1F. The Bertz CT molecular complexity index is 415. The molecule has 19 heavy (non-hydrogen) atoms. The number of carbonyl (C=O) groups excluding carboxylic acids is 1. The van der Waals surface area contributed by atoms with Gasteiger partial charge in [-0.3, -0.25) is 0 Å².